The average molecular weight is 489 g/mol. The molecule has 2 aromatic heterocycles. The molecule has 4 aliphatic rings. The van der Waals surface area contributed by atoms with Gasteiger partial charge in [-0.25, -0.2) is 4.98 Å². The minimum Gasteiger partial charge on any atom is -0.473 e. The number of nitrogens with zero attached hydrogens (tertiary/aromatic N) is 3. The Balaban J connectivity index is 1.19. The van der Waals surface area contributed by atoms with Crippen molar-refractivity contribution in [2.24, 2.45) is 5.92 Å². The van der Waals surface area contributed by atoms with Crippen LogP contribution in [0.15, 0.2) is 42.6 Å². The number of likely N-dealkylation sites (tertiary alicyclic amines) is 1. The van der Waals surface area contributed by atoms with E-state index < -0.39 is 0 Å². The van der Waals surface area contributed by atoms with Gasteiger partial charge in [-0.1, -0.05) is 24.3 Å². The molecule has 2 aliphatic heterocycles. The lowest BCUT2D eigenvalue weighted by Crippen LogP contribution is -2.69. The SMILES string of the molecule is C[C@@H]1Cc2c([nH]c3ccccc23)[C@@H](c2ccc(O[C@H]3CCN(CCCF)C3)nc2)N1C12CCC1CC2. The molecule has 6 heteroatoms. The van der Waals surface area contributed by atoms with Gasteiger partial charge in [0.2, 0.25) is 5.88 Å². The highest BCUT2D eigenvalue weighted by atomic mass is 19.1. The maximum Gasteiger partial charge on any atom is 0.213 e. The molecule has 1 aromatic carbocycles. The zero-order chi connectivity index (χ0) is 24.3. The normalized spacial score (nSPS) is 32.1. The van der Waals surface area contributed by atoms with Crippen LogP contribution in [0.1, 0.15) is 68.3 Å². The van der Waals surface area contributed by atoms with Gasteiger partial charge in [-0.2, -0.15) is 0 Å². The van der Waals surface area contributed by atoms with Gasteiger partial charge in [0.05, 0.1) is 12.7 Å². The van der Waals surface area contributed by atoms with Crippen molar-refractivity contribution in [3.8, 4) is 5.88 Å². The highest BCUT2D eigenvalue weighted by molar-refractivity contribution is 5.85. The first-order valence-corrected chi connectivity index (χ1v) is 13.9. The molecule has 0 bridgehead atoms. The van der Waals surface area contributed by atoms with Crippen LogP contribution in [-0.4, -0.2) is 63.8 Å². The molecule has 0 unspecified atom stereocenters. The fraction of sp³-hybridized carbons (Fsp3) is 0.567. The standard InChI is InChI=1S/C30H37FN4O/c1-20-17-25-24-5-2-3-6-26(24)33-28(25)29(35(20)30-12-9-22(30)10-13-30)21-7-8-27(32-18-21)36-23-11-16-34(19-23)15-4-14-31/h2-3,5-8,18,20,22-23,29,33H,4,9-17,19H2,1H3/t20-,22?,23+,29-,30?/m1/s1. The van der Waals surface area contributed by atoms with Crippen LogP contribution in [-0.2, 0) is 6.42 Å². The van der Waals surface area contributed by atoms with Crippen LogP contribution in [0.3, 0.4) is 0 Å². The Labute approximate surface area is 213 Å². The molecule has 2 aliphatic carbocycles. The Morgan fingerprint density at radius 3 is 2.72 bits per heavy atom. The topological polar surface area (TPSA) is 44.4 Å². The summed E-state index contributed by atoms with van der Waals surface area (Å²) in [6, 6.07) is 13.8. The van der Waals surface area contributed by atoms with E-state index in [-0.39, 0.29) is 18.8 Å². The molecule has 3 aromatic rings. The number of aromatic amines is 1. The molecule has 0 radical (unpaired) electrons. The fourth-order valence-corrected chi connectivity index (χ4v) is 7.76. The molecule has 36 heavy (non-hydrogen) atoms. The lowest BCUT2D eigenvalue weighted by atomic mass is 9.51. The summed E-state index contributed by atoms with van der Waals surface area (Å²) >= 11 is 0. The van der Waals surface area contributed by atoms with E-state index in [9.17, 15) is 4.39 Å². The molecule has 7 rings (SSSR count). The highest BCUT2D eigenvalue weighted by Gasteiger charge is 2.60. The van der Waals surface area contributed by atoms with Gasteiger partial charge in [-0.3, -0.25) is 14.2 Å². The highest BCUT2D eigenvalue weighted by Crippen LogP contribution is 2.61. The zero-order valence-electron chi connectivity index (χ0n) is 21.3. The van der Waals surface area contributed by atoms with Crippen molar-refractivity contribution in [3.63, 3.8) is 0 Å². The zero-order valence-corrected chi connectivity index (χ0v) is 21.3. The molecule has 4 heterocycles. The number of para-hydroxylation sites is 1. The minimum absolute atomic E-state index is 0.138. The maximum atomic E-state index is 12.5. The van der Waals surface area contributed by atoms with E-state index in [1.165, 1.54) is 53.4 Å². The fourth-order valence-electron chi connectivity index (χ4n) is 7.76. The van der Waals surface area contributed by atoms with Crippen LogP contribution >= 0.6 is 0 Å². The molecule has 1 saturated heterocycles. The number of benzene rings is 1. The largest absolute Gasteiger partial charge is 0.473 e. The van der Waals surface area contributed by atoms with Gasteiger partial charge < -0.3 is 9.72 Å². The van der Waals surface area contributed by atoms with E-state index in [0.717, 1.165) is 38.4 Å². The second kappa shape index (κ2) is 8.84. The molecule has 2 saturated carbocycles. The number of hydrogen-bond donors (Lipinski definition) is 1. The van der Waals surface area contributed by atoms with Crippen LogP contribution in [0.4, 0.5) is 4.39 Å². The Hall–Kier alpha value is -2.44. The van der Waals surface area contributed by atoms with Crippen molar-refractivity contribution in [3.05, 3.63) is 59.4 Å². The van der Waals surface area contributed by atoms with Gasteiger partial charge in [-0.05, 0) is 75.0 Å². The molecular formula is C30H37FN4O. The van der Waals surface area contributed by atoms with Gasteiger partial charge in [0.1, 0.15) is 6.10 Å². The predicted molar refractivity (Wildman–Crippen MR) is 140 cm³/mol. The third-order valence-electron chi connectivity index (χ3n) is 9.70. The maximum absolute atomic E-state index is 12.5. The number of rotatable bonds is 7. The molecule has 3 fully saturated rings. The summed E-state index contributed by atoms with van der Waals surface area (Å²) < 4.78 is 18.8. The van der Waals surface area contributed by atoms with Crippen LogP contribution in [0.25, 0.3) is 10.9 Å². The molecule has 1 N–H and O–H groups in total. The van der Waals surface area contributed by atoms with Crippen LogP contribution in [0.5, 0.6) is 5.88 Å². The van der Waals surface area contributed by atoms with Crippen molar-refractivity contribution >= 4 is 10.9 Å². The van der Waals surface area contributed by atoms with Crippen LogP contribution < -0.4 is 4.74 Å². The number of halogens is 1. The van der Waals surface area contributed by atoms with E-state index in [1.54, 1.807) is 0 Å². The number of aromatic nitrogens is 2. The minimum atomic E-state index is -0.248. The molecule has 3 atom stereocenters. The third-order valence-corrected chi connectivity index (χ3v) is 9.70. The first-order valence-electron chi connectivity index (χ1n) is 13.9. The third kappa shape index (κ3) is 3.52. The Kier molecular flexibility index (Phi) is 5.58. The monoisotopic (exact) mass is 488 g/mol. The summed E-state index contributed by atoms with van der Waals surface area (Å²) in [6.45, 7) is 4.83. The summed E-state index contributed by atoms with van der Waals surface area (Å²) in [5.41, 5.74) is 5.69. The second-order valence-corrected chi connectivity index (χ2v) is 11.6. The average Bonchev–Trinajstić information content (AvgIpc) is 3.49. The van der Waals surface area contributed by atoms with Gasteiger partial charge in [0.25, 0.3) is 0 Å². The van der Waals surface area contributed by atoms with E-state index in [2.05, 4.69) is 64.3 Å². The first kappa shape index (κ1) is 22.7. The Bertz CT molecular complexity index is 1230. The predicted octanol–water partition coefficient (Wildman–Crippen LogP) is 5.65. The van der Waals surface area contributed by atoms with Gasteiger partial charge in [-0.15, -0.1) is 0 Å². The number of nitrogens with one attached hydrogen (secondary N) is 1. The second-order valence-electron chi connectivity index (χ2n) is 11.6. The first-order chi connectivity index (χ1) is 17.7. The van der Waals surface area contributed by atoms with Crippen molar-refractivity contribution in [1.82, 2.24) is 19.8 Å². The van der Waals surface area contributed by atoms with Crippen molar-refractivity contribution in [2.75, 3.05) is 26.3 Å². The molecule has 0 spiro atoms. The Morgan fingerprint density at radius 1 is 1.14 bits per heavy atom. The number of hydrogen-bond acceptors (Lipinski definition) is 4. The van der Waals surface area contributed by atoms with E-state index in [1.807, 2.05) is 0 Å². The Morgan fingerprint density at radius 2 is 2.00 bits per heavy atom. The van der Waals surface area contributed by atoms with Crippen molar-refractivity contribution < 1.29 is 9.13 Å². The number of alkyl halides is 1. The van der Waals surface area contributed by atoms with E-state index >= 15 is 0 Å². The summed E-state index contributed by atoms with van der Waals surface area (Å²) in [4.78, 5) is 13.8. The number of pyridine rings is 1. The van der Waals surface area contributed by atoms with Gasteiger partial charge >= 0.3 is 0 Å². The summed E-state index contributed by atoms with van der Waals surface area (Å²) in [7, 11) is 0. The number of H-pyrrole nitrogens is 1. The molecule has 5 nitrogen and oxygen atoms in total. The molecule has 190 valence electrons. The van der Waals surface area contributed by atoms with Crippen LogP contribution in [0, 0.1) is 5.92 Å². The summed E-state index contributed by atoms with van der Waals surface area (Å²) in [5.74, 6) is 1.55. The number of ether oxygens (including phenoxy) is 1. The van der Waals surface area contributed by atoms with Gasteiger partial charge in [0, 0.05) is 60.1 Å². The summed E-state index contributed by atoms with van der Waals surface area (Å²) in [6.07, 6.45) is 10.3. The van der Waals surface area contributed by atoms with E-state index in [0.29, 0.717) is 23.9 Å². The van der Waals surface area contributed by atoms with Gasteiger partial charge in [0.15, 0.2) is 0 Å². The molecular weight excluding hydrogens is 451 g/mol. The molecule has 0 amide bonds. The number of fused-ring (bicyclic) bond motifs is 4. The lowest BCUT2D eigenvalue weighted by molar-refractivity contribution is -0.153. The summed E-state index contributed by atoms with van der Waals surface area (Å²) in [5, 5.41) is 1.37. The quantitative estimate of drug-likeness (QED) is 0.467. The van der Waals surface area contributed by atoms with Crippen molar-refractivity contribution in [1.29, 1.82) is 0 Å². The lowest BCUT2D eigenvalue weighted by Gasteiger charge is -2.67. The van der Waals surface area contributed by atoms with E-state index in [4.69, 9.17) is 9.72 Å². The van der Waals surface area contributed by atoms with Crippen LogP contribution in [0.2, 0.25) is 0 Å². The smallest absolute Gasteiger partial charge is 0.213 e. The van der Waals surface area contributed by atoms with Crippen molar-refractivity contribution in [2.45, 2.75) is 75.6 Å².